The molecule has 0 radical (unpaired) electrons. The monoisotopic (exact) mass is 639 g/mol. The molecule has 0 aliphatic carbocycles. The van der Waals surface area contributed by atoms with Crippen molar-refractivity contribution in [2.24, 2.45) is 17.8 Å². The molecule has 8 nitrogen and oxygen atoms in total. The molecule has 2 rings (SSSR count). The van der Waals surface area contributed by atoms with Crippen molar-refractivity contribution in [2.75, 3.05) is 30.0 Å². The molecule has 1 amide bonds. The zero-order valence-corrected chi connectivity index (χ0v) is 30.3. The Bertz CT molecular complexity index is 1480. The van der Waals surface area contributed by atoms with Gasteiger partial charge in [-0.1, -0.05) is 119 Å². The highest BCUT2D eigenvalue weighted by Crippen LogP contribution is 2.36. The molecule has 45 heavy (non-hydrogen) atoms. The number of anilines is 1. The molecule has 0 spiro atoms. The minimum absolute atomic E-state index is 0.129. The van der Waals surface area contributed by atoms with Crippen molar-refractivity contribution in [3.63, 3.8) is 0 Å². The minimum atomic E-state index is -0.615. The summed E-state index contributed by atoms with van der Waals surface area (Å²) in [6.07, 6.45) is 11.1. The number of unbranched alkanes of at least 4 members (excludes halogenated alkanes) is 2. The Balaban J connectivity index is 2.87. The minimum Gasteiger partial charge on any atom is -0.492 e. The van der Waals surface area contributed by atoms with E-state index in [-0.39, 0.29) is 27.3 Å². The Labute approximate surface area is 275 Å². The van der Waals surface area contributed by atoms with Gasteiger partial charge in [0.1, 0.15) is 11.6 Å². The standard InChI is InChI=1S/C36H57N5O3S/c1-12-16-18-26(14-3)22-40(23-27(15-4)19-17-13-2)35-38-31(36(8,9)10)30(45-35)20-28-25(7)29(21-37)34(44)41(33(28)43)39(11)32(42)24(5)6/h20,24,26-27,44H,7,12-19,22-23H2,1-6,8-11H3/b28-20-. The van der Waals surface area contributed by atoms with Crippen LogP contribution in [0, 0.1) is 29.1 Å². The summed E-state index contributed by atoms with van der Waals surface area (Å²) in [6.45, 7) is 24.7. The number of thiazole rings is 1. The fraction of sp³-hybridized carbons (Fsp3) is 0.667. The van der Waals surface area contributed by atoms with Gasteiger partial charge in [-0.25, -0.2) is 9.99 Å². The summed E-state index contributed by atoms with van der Waals surface area (Å²) in [5, 5.41) is 23.2. The number of nitriles is 1. The maximum Gasteiger partial charge on any atom is 0.280 e. The van der Waals surface area contributed by atoms with E-state index in [1.54, 1.807) is 31.3 Å². The van der Waals surface area contributed by atoms with Gasteiger partial charge in [0.15, 0.2) is 5.13 Å². The van der Waals surface area contributed by atoms with Crippen molar-refractivity contribution in [1.82, 2.24) is 9.66 Å². The molecule has 0 saturated heterocycles. The van der Waals surface area contributed by atoms with E-state index in [4.69, 9.17) is 4.98 Å². The van der Waals surface area contributed by atoms with Crippen LogP contribution in [0.25, 0.3) is 12.7 Å². The molecule has 2 aromatic heterocycles. The van der Waals surface area contributed by atoms with Gasteiger partial charge in [-0.2, -0.15) is 9.94 Å². The Kier molecular flexibility index (Phi) is 14.4. The number of hydrogen-bond donors (Lipinski definition) is 1. The smallest absolute Gasteiger partial charge is 0.280 e. The summed E-state index contributed by atoms with van der Waals surface area (Å²) < 4.78 is 0.881. The topological polar surface area (TPSA) is 102 Å². The van der Waals surface area contributed by atoms with Gasteiger partial charge in [0.25, 0.3) is 5.56 Å². The highest BCUT2D eigenvalue weighted by atomic mass is 32.1. The van der Waals surface area contributed by atoms with E-state index >= 15 is 0 Å². The van der Waals surface area contributed by atoms with Crippen LogP contribution in [-0.4, -0.2) is 40.8 Å². The second-order valence-electron chi connectivity index (χ2n) is 13.7. The van der Waals surface area contributed by atoms with E-state index in [0.29, 0.717) is 11.8 Å². The van der Waals surface area contributed by atoms with Gasteiger partial charge in [-0.05, 0) is 30.8 Å². The van der Waals surface area contributed by atoms with Crippen LogP contribution >= 0.6 is 11.3 Å². The summed E-state index contributed by atoms with van der Waals surface area (Å²) in [6, 6.07) is 1.99. The van der Waals surface area contributed by atoms with E-state index in [0.717, 1.165) is 51.3 Å². The van der Waals surface area contributed by atoms with E-state index in [1.165, 1.54) is 45.6 Å². The van der Waals surface area contributed by atoms with Crippen molar-refractivity contribution in [3.8, 4) is 11.9 Å². The fourth-order valence-corrected chi connectivity index (χ4v) is 6.88. The van der Waals surface area contributed by atoms with E-state index in [1.807, 2.05) is 6.07 Å². The quantitative estimate of drug-likeness (QED) is 0.228. The molecule has 250 valence electrons. The molecular weight excluding hydrogens is 582 g/mol. The van der Waals surface area contributed by atoms with Gasteiger partial charge in [0.2, 0.25) is 11.8 Å². The third-order valence-corrected chi connectivity index (χ3v) is 9.70. The van der Waals surface area contributed by atoms with Gasteiger partial charge >= 0.3 is 0 Å². The van der Waals surface area contributed by atoms with Crippen molar-refractivity contribution in [3.05, 3.63) is 36.9 Å². The van der Waals surface area contributed by atoms with Crippen LogP contribution in [0.1, 0.15) is 130 Å². The number of nitrogens with zero attached hydrogens (tertiary/aromatic N) is 5. The van der Waals surface area contributed by atoms with Crippen LogP contribution in [0.3, 0.4) is 0 Å². The Hall–Kier alpha value is -3.12. The maximum atomic E-state index is 13.9. The number of amides is 1. The van der Waals surface area contributed by atoms with Gasteiger partial charge in [0, 0.05) is 36.7 Å². The largest absolute Gasteiger partial charge is 0.492 e. The normalized spacial score (nSPS) is 13.6. The lowest BCUT2D eigenvalue weighted by atomic mass is 9.91. The average Bonchev–Trinajstić information content (AvgIpc) is 3.43. The lowest BCUT2D eigenvalue weighted by molar-refractivity contribution is -0.122. The van der Waals surface area contributed by atoms with E-state index in [9.17, 15) is 20.0 Å². The summed E-state index contributed by atoms with van der Waals surface area (Å²) >= 11 is 1.56. The summed E-state index contributed by atoms with van der Waals surface area (Å²) in [5.74, 6) is -0.261. The van der Waals surface area contributed by atoms with Crippen LogP contribution < -0.4 is 25.9 Å². The van der Waals surface area contributed by atoms with Crippen molar-refractivity contribution < 1.29 is 9.90 Å². The van der Waals surface area contributed by atoms with Gasteiger partial charge in [-0.3, -0.25) is 9.59 Å². The second kappa shape index (κ2) is 17.0. The molecule has 2 atom stereocenters. The number of aromatic hydroxyl groups is 1. The molecule has 0 aliphatic rings. The first-order chi connectivity index (χ1) is 21.2. The van der Waals surface area contributed by atoms with Gasteiger partial charge in [0.05, 0.1) is 15.8 Å². The molecule has 0 aromatic carbocycles. The van der Waals surface area contributed by atoms with Gasteiger partial charge < -0.3 is 10.0 Å². The van der Waals surface area contributed by atoms with E-state index < -0.39 is 17.4 Å². The third kappa shape index (κ3) is 9.45. The van der Waals surface area contributed by atoms with E-state index in [2.05, 4.69) is 59.9 Å². The zero-order chi connectivity index (χ0) is 34.1. The highest BCUT2D eigenvalue weighted by Gasteiger charge is 2.28. The lowest BCUT2D eigenvalue weighted by Gasteiger charge is -2.30. The SMILES string of the molecule is C=c1c(C#N)c(O)n(N(C)C(=O)C(C)C)c(=O)/c1=C\c1sc(N(CC(CC)CCCC)CC(CC)CCCC)nc1C(C)(C)C. The highest BCUT2D eigenvalue weighted by molar-refractivity contribution is 7.16. The fourth-order valence-electron chi connectivity index (χ4n) is 5.64. The number of hydrogen-bond acceptors (Lipinski definition) is 7. The predicted molar refractivity (Wildman–Crippen MR) is 189 cm³/mol. The molecular formula is C36H57N5O3S. The van der Waals surface area contributed by atoms with Gasteiger partial charge in [-0.15, -0.1) is 0 Å². The molecule has 1 N–H and O–H groups in total. The molecule has 2 heterocycles. The molecule has 0 bridgehead atoms. The second-order valence-corrected chi connectivity index (χ2v) is 14.7. The number of aromatic nitrogens is 2. The van der Waals surface area contributed by atoms with Crippen LogP contribution in [0.15, 0.2) is 4.79 Å². The van der Waals surface area contributed by atoms with Crippen molar-refractivity contribution in [2.45, 2.75) is 119 Å². The van der Waals surface area contributed by atoms with Crippen LogP contribution in [0.2, 0.25) is 0 Å². The predicted octanol–water partition coefficient (Wildman–Crippen LogP) is 6.41. The lowest BCUT2D eigenvalue weighted by Crippen LogP contribution is -2.54. The molecule has 2 aromatic rings. The molecule has 0 fully saturated rings. The Morgan fingerprint density at radius 1 is 1.09 bits per heavy atom. The first kappa shape index (κ1) is 38.1. The molecule has 0 saturated carbocycles. The molecule has 9 heteroatoms. The molecule has 0 aliphatic heterocycles. The van der Waals surface area contributed by atoms with Crippen LogP contribution in [0.5, 0.6) is 5.88 Å². The Morgan fingerprint density at radius 3 is 2.04 bits per heavy atom. The number of carbonyl (C=O) groups is 1. The third-order valence-electron chi connectivity index (χ3n) is 8.64. The first-order valence-electron chi connectivity index (χ1n) is 16.8. The summed E-state index contributed by atoms with van der Waals surface area (Å²) in [4.78, 5) is 35.3. The van der Waals surface area contributed by atoms with Crippen LogP contribution in [0.4, 0.5) is 5.13 Å². The summed E-state index contributed by atoms with van der Waals surface area (Å²) in [7, 11) is 1.42. The van der Waals surface area contributed by atoms with Crippen LogP contribution in [-0.2, 0) is 10.2 Å². The number of carbonyl (C=O) groups excluding carboxylic acids is 1. The maximum absolute atomic E-state index is 13.9. The van der Waals surface area contributed by atoms with Crippen molar-refractivity contribution in [1.29, 1.82) is 5.26 Å². The first-order valence-corrected chi connectivity index (χ1v) is 17.6. The Morgan fingerprint density at radius 2 is 1.62 bits per heavy atom. The average molecular weight is 640 g/mol. The van der Waals surface area contributed by atoms with Crippen molar-refractivity contribution >= 4 is 35.0 Å². The number of pyridine rings is 1. The zero-order valence-electron chi connectivity index (χ0n) is 29.5. The molecule has 2 unspecified atom stereocenters. The summed E-state index contributed by atoms with van der Waals surface area (Å²) in [5.41, 5.74) is -0.225. The number of rotatable bonds is 16.